The molecule has 0 heterocycles. The van der Waals surface area contributed by atoms with Crippen LogP contribution in [0.25, 0.3) is 11.1 Å². The summed E-state index contributed by atoms with van der Waals surface area (Å²) in [6.45, 7) is 1.99. The number of phenols is 1. The van der Waals surface area contributed by atoms with Crippen LogP contribution in [0.2, 0.25) is 0 Å². The van der Waals surface area contributed by atoms with Crippen LogP contribution in [-0.2, 0) is 9.53 Å². The van der Waals surface area contributed by atoms with E-state index in [1.54, 1.807) is 0 Å². The molecule has 0 aliphatic heterocycles. The van der Waals surface area contributed by atoms with Crippen LogP contribution in [0.3, 0.4) is 0 Å². The maximum Gasteiger partial charge on any atom is 0.407 e. The number of nitrogens with one attached hydrogen (secondary N) is 2. The first-order valence-electron chi connectivity index (χ1n) is 11.3. The lowest BCUT2D eigenvalue weighted by molar-refractivity contribution is -0.116. The second-order valence-electron chi connectivity index (χ2n) is 8.36. The SMILES string of the molecule is CC[C@@H](CC(=O)Nc1ccc(O)cc1C(=O)O)NC(=O)OCC1c2ccccc2-c2ccccc21. The summed E-state index contributed by atoms with van der Waals surface area (Å²) in [6.07, 6.45) is -0.220. The van der Waals surface area contributed by atoms with Gasteiger partial charge in [0.05, 0.1) is 11.3 Å². The highest BCUT2D eigenvalue weighted by atomic mass is 16.5. The maximum absolute atomic E-state index is 12.5. The van der Waals surface area contributed by atoms with Crippen LogP contribution >= 0.6 is 0 Å². The first-order chi connectivity index (χ1) is 16.9. The van der Waals surface area contributed by atoms with Crippen molar-refractivity contribution in [1.82, 2.24) is 5.32 Å². The molecular formula is C27H26N2O6. The highest BCUT2D eigenvalue weighted by Crippen LogP contribution is 2.44. The summed E-state index contributed by atoms with van der Waals surface area (Å²) >= 11 is 0. The number of anilines is 1. The van der Waals surface area contributed by atoms with Gasteiger partial charge in [-0.15, -0.1) is 0 Å². The largest absolute Gasteiger partial charge is 0.508 e. The Balaban J connectivity index is 1.35. The lowest BCUT2D eigenvalue weighted by Crippen LogP contribution is -2.38. The van der Waals surface area contributed by atoms with Crippen molar-refractivity contribution < 1.29 is 29.3 Å². The monoisotopic (exact) mass is 474 g/mol. The molecule has 0 radical (unpaired) electrons. The molecule has 35 heavy (non-hydrogen) atoms. The molecule has 2 amide bonds. The van der Waals surface area contributed by atoms with E-state index >= 15 is 0 Å². The summed E-state index contributed by atoms with van der Waals surface area (Å²) in [6, 6.07) is 19.3. The van der Waals surface area contributed by atoms with Crippen molar-refractivity contribution in [3.63, 3.8) is 0 Å². The van der Waals surface area contributed by atoms with Gasteiger partial charge in [-0.3, -0.25) is 4.79 Å². The standard InChI is InChI=1S/C27H26N2O6/c1-2-16(13-25(31)29-24-12-11-17(30)14-22(24)26(32)33)28-27(34)35-15-23-20-9-5-3-7-18(20)19-8-4-6-10-21(19)23/h3-12,14,16,23,30H,2,13,15H2,1H3,(H,28,34)(H,29,31)(H,32,33)/t16-/m0/s1. The van der Waals surface area contributed by atoms with Gasteiger partial charge in [0.1, 0.15) is 12.4 Å². The van der Waals surface area contributed by atoms with Gasteiger partial charge in [0, 0.05) is 18.4 Å². The van der Waals surface area contributed by atoms with E-state index in [2.05, 4.69) is 22.8 Å². The fourth-order valence-corrected chi connectivity index (χ4v) is 4.35. The van der Waals surface area contributed by atoms with Crippen LogP contribution in [0.4, 0.5) is 10.5 Å². The van der Waals surface area contributed by atoms with Crippen LogP contribution in [-0.4, -0.2) is 40.8 Å². The molecule has 3 aromatic rings. The summed E-state index contributed by atoms with van der Waals surface area (Å²) in [4.78, 5) is 36.4. The topological polar surface area (TPSA) is 125 Å². The van der Waals surface area contributed by atoms with E-state index in [1.165, 1.54) is 12.1 Å². The van der Waals surface area contributed by atoms with Crippen molar-refractivity contribution in [3.05, 3.63) is 83.4 Å². The molecule has 8 nitrogen and oxygen atoms in total. The van der Waals surface area contributed by atoms with Crippen molar-refractivity contribution in [3.8, 4) is 16.9 Å². The molecule has 0 bridgehead atoms. The number of carbonyl (C=O) groups is 3. The fraction of sp³-hybridized carbons (Fsp3) is 0.222. The van der Waals surface area contributed by atoms with Gasteiger partial charge in [0.25, 0.3) is 0 Å². The number of ether oxygens (including phenoxy) is 1. The molecule has 3 aromatic carbocycles. The third-order valence-corrected chi connectivity index (χ3v) is 6.10. The van der Waals surface area contributed by atoms with Gasteiger partial charge in [-0.1, -0.05) is 55.5 Å². The molecule has 0 fully saturated rings. The summed E-state index contributed by atoms with van der Waals surface area (Å²) < 4.78 is 5.55. The Labute approximate surface area is 202 Å². The first kappa shape index (κ1) is 23.8. The third-order valence-electron chi connectivity index (χ3n) is 6.10. The normalized spacial score (nSPS) is 12.8. The minimum absolute atomic E-state index is 0.0660. The molecule has 1 aliphatic carbocycles. The molecule has 1 aliphatic rings. The highest BCUT2D eigenvalue weighted by Gasteiger charge is 2.29. The Bertz CT molecular complexity index is 1230. The predicted molar refractivity (Wildman–Crippen MR) is 131 cm³/mol. The fourth-order valence-electron chi connectivity index (χ4n) is 4.35. The Kier molecular flexibility index (Phi) is 7.01. The number of amides is 2. The van der Waals surface area contributed by atoms with E-state index in [1.807, 2.05) is 43.3 Å². The second-order valence-corrected chi connectivity index (χ2v) is 8.36. The number of hydrogen-bond acceptors (Lipinski definition) is 5. The van der Waals surface area contributed by atoms with Gasteiger partial charge >= 0.3 is 12.1 Å². The number of aromatic carboxylic acids is 1. The van der Waals surface area contributed by atoms with Crippen molar-refractivity contribution in [2.45, 2.75) is 31.7 Å². The molecule has 1 atom stereocenters. The molecule has 0 spiro atoms. The minimum Gasteiger partial charge on any atom is -0.508 e. The molecule has 8 heteroatoms. The van der Waals surface area contributed by atoms with Crippen LogP contribution in [0.1, 0.15) is 47.2 Å². The van der Waals surface area contributed by atoms with Crippen LogP contribution in [0, 0.1) is 0 Å². The molecule has 180 valence electrons. The summed E-state index contributed by atoms with van der Waals surface area (Å²) in [5, 5.41) is 24.0. The maximum atomic E-state index is 12.5. The summed E-state index contributed by atoms with van der Waals surface area (Å²) in [5.74, 6) is -2.03. The van der Waals surface area contributed by atoms with Gasteiger partial charge in [0.15, 0.2) is 0 Å². The number of carboxylic acids is 1. The van der Waals surface area contributed by atoms with Crippen LogP contribution in [0.5, 0.6) is 5.75 Å². The minimum atomic E-state index is -1.28. The summed E-state index contributed by atoms with van der Waals surface area (Å²) in [5.41, 5.74) is 4.32. The second kappa shape index (κ2) is 10.3. The quantitative estimate of drug-likeness (QED) is 0.350. The molecule has 0 saturated carbocycles. The van der Waals surface area contributed by atoms with Crippen molar-refractivity contribution in [2.75, 3.05) is 11.9 Å². The van der Waals surface area contributed by atoms with E-state index in [0.717, 1.165) is 28.3 Å². The first-order valence-corrected chi connectivity index (χ1v) is 11.3. The number of rotatable bonds is 8. The number of fused-ring (bicyclic) bond motifs is 3. The Morgan fingerprint density at radius 2 is 1.60 bits per heavy atom. The van der Waals surface area contributed by atoms with Crippen LogP contribution in [0.15, 0.2) is 66.7 Å². The highest BCUT2D eigenvalue weighted by molar-refractivity contribution is 6.01. The number of carbonyl (C=O) groups excluding carboxylic acids is 2. The number of phenolic OH excluding ortho intramolecular Hbond substituents is 1. The molecule has 0 aromatic heterocycles. The van der Waals surface area contributed by atoms with Crippen molar-refractivity contribution >= 4 is 23.7 Å². The number of carboxylic acid groups (broad SMARTS) is 1. The van der Waals surface area contributed by atoms with E-state index in [4.69, 9.17) is 4.74 Å². The predicted octanol–water partition coefficient (Wildman–Crippen LogP) is 4.74. The van der Waals surface area contributed by atoms with Gasteiger partial charge in [-0.05, 0) is 46.9 Å². The average molecular weight is 475 g/mol. The summed E-state index contributed by atoms with van der Waals surface area (Å²) in [7, 11) is 0. The van der Waals surface area contributed by atoms with E-state index in [9.17, 15) is 24.6 Å². The molecule has 0 unspecified atom stereocenters. The molecule has 4 rings (SSSR count). The van der Waals surface area contributed by atoms with Crippen molar-refractivity contribution in [2.24, 2.45) is 0 Å². The van der Waals surface area contributed by atoms with E-state index in [-0.39, 0.29) is 35.9 Å². The molecular weight excluding hydrogens is 448 g/mol. The number of aromatic hydroxyl groups is 1. The van der Waals surface area contributed by atoms with Gasteiger partial charge in [0.2, 0.25) is 5.91 Å². The Morgan fingerprint density at radius 3 is 2.20 bits per heavy atom. The number of benzene rings is 3. The smallest absolute Gasteiger partial charge is 0.407 e. The number of alkyl carbamates (subject to hydrolysis) is 1. The zero-order chi connectivity index (χ0) is 24.9. The Morgan fingerprint density at radius 1 is 0.971 bits per heavy atom. The molecule has 0 saturated heterocycles. The van der Waals surface area contributed by atoms with Gasteiger partial charge < -0.3 is 25.6 Å². The van der Waals surface area contributed by atoms with Crippen molar-refractivity contribution in [1.29, 1.82) is 0 Å². The zero-order valence-corrected chi connectivity index (χ0v) is 19.2. The average Bonchev–Trinajstić information content (AvgIpc) is 3.17. The Hall–Kier alpha value is -4.33. The number of hydrogen-bond donors (Lipinski definition) is 4. The lowest BCUT2D eigenvalue weighted by atomic mass is 9.98. The van der Waals surface area contributed by atoms with Gasteiger partial charge in [-0.2, -0.15) is 0 Å². The zero-order valence-electron chi connectivity index (χ0n) is 19.2. The molecule has 4 N–H and O–H groups in total. The third kappa shape index (κ3) is 5.27. The van der Waals surface area contributed by atoms with Crippen LogP contribution < -0.4 is 10.6 Å². The van der Waals surface area contributed by atoms with E-state index < -0.39 is 24.0 Å². The van der Waals surface area contributed by atoms with E-state index in [0.29, 0.717) is 6.42 Å². The van der Waals surface area contributed by atoms with Gasteiger partial charge in [-0.25, -0.2) is 9.59 Å². The lowest BCUT2D eigenvalue weighted by Gasteiger charge is -2.19.